The SMILES string of the molecule is O=[N+]([O-])c1c(Nc2cc(Cl)ccc2Cl)ncnc1N1CCCCC1. The molecule has 0 unspecified atom stereocenters. The second-order valence-electron chi connectivity index (χ2n) is 5.45. The molecule has 3 rings (SSSR count). The van der Waals surface area contributed by atoms with Gasteiger partial charge in [0.15, 0.2) is 0 Å². The third kappa shape index (κ3) is 3.52. The highest BCUT2D eigenvalue weighted by Gasteiger charge is 2.28. The quantitative estimate of drug-likeness (QED) is 0.635. The van der Waals surface area contributed by atoms with Gasteiger partial charge >= 0.3 is 5.69 Å². The predicted molar refractivity (Wildman–Crippen MR) is 94.5 cm³/mol. The molecule has 1 fully saturated rings. The number of rotatable bonds is 4. The van der Waals surface area contributed by atoms with E-state index in [9.17, 15) is 10.1 Å². The van der Waals surface area contributed by atoms with E-state index in [1.807, 2.05) is 4.90 Å². The molecule has 2 heterocycles. The maximum atomic E-state index is 11.6. The minimum Gasteiger partial charge on any atom is -0.351 e. The zero-order chi connectivity index (χ0) is 17.1. The van der Waals surface area contributed by atoms with Gasteiger partial charge < -0.3 is 10.2 Å². The molecule has 0 saturated carbocycles. The van der Waals surface area contributed by atoms with Gasteiger partial charge in [0.2, 0.25) is 11.6 Å². The lowest BCUT2D eigenvalue weighted by Gasteiger charge is -2.27. The molecule has 7 nitrogen and oxygen atoms in total. The molecule has 1 aromatic carbocycles. The van der Waals surface area contributed by atoms with E-state index in [2.05, 4.69) is 15.3 Å². The van der Waals surface area contributed by atoms with E-state index in [0.29, 0.717) is 21.6 Å². The Morgan fingerprint density at radius 3 is 2.62 bits per heavy atom. The van der Waals surface area contributed by atoms with E-state index in [4.69, 9.17) is 23.2 Å². The van der Waals surface area contributed by atoms with Crippen molar-refractivity contribution in [1.29, 1.82) is 0 Å². The molecule has 2 aromatic rings. The van der Waals surface area contributed by atoms with Crippen molar-refractivity contribution >= 4 is 46.2 Å². The topological polar surface area (TPSA) is 84.2 Å². The van der Waals surface area contributed by atoms with E-state index in [-0.39, 0.29) is 11.5 Å². The minimum atomic E-state index is -0.468. The normalized spacial score (nSPS) is 14.5. The summed E-state index contributed by atoms with van der Waals surface area (Å²) >= 11 is 12.1. The monoisotopic (exact) mass is 367 g/mol. The van der Waals surface area contributed by atoms with Crippen LogP contribution in [-0.2, 0) is 0 Å². The Bertz CT molecular complexity index is 766. The van der Waals surface area contributed by atoms with Crippen molar-refractivity contribution < 1.29 is 4.92 Å². The Morgan fingerprint density at radius 1 is 1.17 bits per heavy atom. The predicted octanol–water partition coefficient (Wildman–Crippen LogP) is 4.43. The van der Waals surface area contributed by atoms with Gasteiger partial charge in [-0.3, -0.25) is 10.1 Å². The largest absolute Gasteiger partial charge is 0.353 e. The fourth-order valence-electron chi connectivity index (χ4n) is 2.69. The second-order valence-corrected chi connectivity index (χ2v) is 6.29. The van der Waals surface area contributed by atoms with Crippen LogP contribution in [0.3, 0.4) is 0 Å². The minimum absolute atomic E-state index is 0.0970. The van der Waals surface area contributed by atoms with Gasteiger partial charge in [-0.25, -0.2) is 9.97 Å². The third-order valence-electron chi connectivity index (χ3n) is 3.82. The lowest BCUT2D eigenvalue weighted by atomic mass is 10.1. The van der Waals surface area contributed by atoms with Crippen LogP contribution in [0.5, 0.6) is 0 Å². The molecule has 0 aliphatic carbocycles. The van der Waals surface area contributed by atoms with E-state index in [0.717, 1.165) is 32.4 Å². The molecule has 0 spiro atoms. The number of nitro groups is 1. The molecule has 24 heavy (non-hydrogen) atoms. The summed E-state index contributed by atoms with van der Waals surface area (Å²) in [5.74, 6) is 0.426. The molecule has 0 amide bonds. The lowest BCUT2D eigenvalue weighted by Crippen LogP contribution is -2.31. The number of halogens is 2. The molecule has 1 saturated heterocycles. The summed E-state index contributed by atoms with van der Waals surface area (Å²) in [6.45, 7) is 1.49. The van der Waals surface area contributed by atoms with Crippen molar-refractivity contribution in [3.05, 3.63) is 44.7 Å². The summed E-state index contributed by atoms with van der Waals surface area (Å²) in [5.41, 5.74) is 0.297. The summed E-state index contributed by atoms with van der Waals surface area (Å²) in [6.07, 6.45) is 4.42. The van der Waals surface area contributed by atoms with Crippen LogP contribution in [0.2, 0.25) is 10.0 Å². The number of hydrogen-bond donors (Lipinski definition) is 1. The zero-order valence-electron chi connectivity index (χ0n) is 12.7. The van der Waals surface area contributed by atoms with E-state index < -0.39 is 4.92 Å². The summed E-state index contributed by atoms with van der Waals surface area (Å²) in [5, 5.41) is 15.4. The first kappa shape index (κ1) is 16.7. The third-order valence-corrected chi connectivity index (χ3v) is 4.39. The van der Waals surface area contributed by atoms with Gasteiger partial charge in [0.1, 0.15) is 6.33 Å². The van der Waals surface area contributed by atoms with E-state index in [1.165, 1.54) is 6.33 Å². The van der Waals surface area contributed by atoms with Crippen LogP contribution in [0, 0.1) is 10.1 Å². The first-order valence-electron chi connectivity index (χ1n) is 7.52. The van der Waals surface area contributed by atoms with Gasteiger partial charge in [-0.1, -0.05) is 23.2 Å². The molecule has 1 aliphatic rings. The highest BCUT2D eigenvalue weighted by atomic mass is 35.5. The van der Waals surface area contributed by atoms with E-state index >= 15 is 0 Å². The maximum Gasteiger partial charge on any atom is 0.353 e. The van der Waals surface area contributed by atoms with Crippen LogP contribution in [0.15, 0.2) is 24.5 Å². The molecule has 126 valence electrons. The summed E-state index contributed by atoms with van der Waals surface area (Å²) < 4.78 is 0. The van der Waals surface area contributed by atoms with Crippen molar-refractivity contribution in [2.24, 2.45) is 0 Å². The highest BCUT2D eigenvalue weighted by molar-refractivity contribution is 6.35. The fraction of sp³-hybridized carbons (Fsp3) is 0.333. The molecule has 1 N–H and O–H groups in total. The van der Waals surface area contributed by atoms with E-state index in [1.54, 1.807) is 18.2 Å². The summed E-state index contributed by atoms with van der Waals surface area (Å²) in [6, 6.07) is 4.85. The Balaban J connectivity index is 2.01. The smallest absolute Gasteiger partial charge is 0.351 e. The van der Waals surface area contributed by atoms with Crippen LogP contribution in [0.4, 0.5) is 23.0 Å². The second kappa shape index (κ2) is 7.19. The van der Waals surface area contributed by atoms with Crippen molar-refractivity contribution in [3.8, 4) is 0 Å². The van der Waals surface area contributed by atoms with Crippen molar-refractivity contribution in [2.45, 2.75) is 19.3 Å². The molecule has 1 aliphatic heterocycles. The van der Waals surface area contributed by atoms with Gasteiger partial charge in [-0.15, -0.1) is 0 Å². The Hall–Kier alpha value is -2.12. The van der Waals surface area contributed by atoms with Crippen LogP contribution < -0.4 is 10.2 Å². The van der Waals surface area contributed by atoms with Crippen molar-refractivity contribution in [1.82, 2.24) is 9.97 Å². The van der Waals surface area contributed by atoms with Crippen molar-refractivity contribution in [3.63, 3.8) is 0 Å². The number of anilines is 3. The van der Waals surface area contributed by atoms with Crippen LogP contribution in [-0.4, -0.2) is 28.0 Å². The number of piperidine rings is 1. The molecular formula is C15H15Cl2N5O2. The number of hydrogen-bond acceptors (Lipinski definition) is 6. The van der Waals surface area contributed by atoms with Crippen LogP contribution >= 0.6 is 23.2 Å². The van der Waals surface area contributed by atoms with Crippen molar-refractivity contribution in [2.75, 3.05) is 23.3 Å². The summed E-state index contributed by atoms with van der Waals surface area (Å²) in [4.78, 5) is 21.3. The van der Waals surface area contributed by atoms with Crippen LogP contribution in [0.25, 0.3) is 0 Å². The van der Waals surface area contributed by atoms with Gasteiger partial charge in [-0.2, -0.15) is 0 Å². The number of nitrogens with one attached hydrogen (secondary N) is 1. The molecule has 0 atom stereocenters. The lowest BCUT2D eigenvalue weighted by molar-refractivity contribution is -0.383. The van der Waals surface area contributed by atoms with Gasteiger partial charge in [0.25, 0.3) is 0 Å². The fourth-order valence-corrected chi connectivity index (χ4v) is 3.02. The average Bonchev–Trinajstić information content (AvgIpc) is 2.58. The number of aromatic nitrogens is 2. The standard InChI is InChI=1S/C15H15Cl2N5O2/c16-10-4-5-11(17)12(8-10)20-14-13(22(23)24)15(19-9-18-14)21-6-2-1-3-7-21/h4-5,8-9H,1-3,6-7H2,(H,18,19,20). The summed E-state index contributed by atoms with van der Waals surface area (Å²) in [7, 11) is 0. The Morgan fingerprint density at radius 2 is 1.92 bits per heavy atom. The molecule has 0 radical (unpaired) electrons. The first-order valence-corrected chi connectivity index (χ1v) is 8.28. The maximum absolute atomic E-state index is 11.6. The molecule has 9 heteroatoms. The molecule has 1 aromatic heterocycles. The first-order chi connectivity index (χ1) is 11.6. The number of benzene rings is 1. The van der Waals surface area contributed by atoms with Gasteiger partial charge in [0.05, 0.1) is 15.6 Å². The van der Waals surface area contributed by atoms with Gasteiger partial charge in [-0.05, 0) is 37.5 Å². The number of nitrogens with zero attached hydrogens (tertiary/aromatic N) is 4. The van der Waals surface area contributed by atoms with Crippen LogP contribution in [0.1, 0.15) is 19.3 Å². The Kier molecular flexibility index (Phi) is 5.01. The van der Waals surface area contributed by atoms with Gasteiger partial charge in [0, 0.05) is 18.1 Å². The Labute approximate surface area is 148 Å². The highest BCUT2D eigenvalue weighted by Crippen LogP contribution is 2.36. The average molecular weight is 368 g/mol. The zero-order valence-corrected chi connectivity index (χ0v) is 14.2. The molecular weight excluding hydrogens is 353 g/mol. The molecule has 0 bridgehead atoms.